The average molecular weight is 555 g/mol. The van der Waals surface area contributed by atoms with E-state index in [1.807, 2.05) is 49.4 Å². The predicted octanol–water partition coefficient (Wildman–Crippen LogP) is 3.60. The van der Waals surface area contributed by atoms with Crippen molar-refractivity contribution in [2.75, 3.05) is 43.0 Å². The molecule has 3 amide bonds. The molecular formula is C28H34N4O6S. The summed E-state index contributed by atoms with van der Waals surface area (Å²) < 4.78 is 32.2. The first-order chi connectivity index (χ1) is 18.5. The molecule has 0 unspecified atom stereocenters. The van der Waals surface area contributed by atoms with Crippen molar-refractivity contribution in [2.24, 2.45) is 5.92 Å². The van der Waals surface area contributed by atoms with E-state index in [0.29, 0.717) is 5.69 Å². The van der Waals surface area contributed by atoms with Gasteiger partial charge in [0, 0.05) is 30.6 Å². The molecular weight excluding hydrogens is 520 g/mol. The topological polar surface area (TPSA) is 128 Å². The lowest BCUT2D eigenvalue weighted by molar-refractivity contribution is 0.0371. The monoisotopic (exact) mass is 554 g/mol. The minimum absolute atomic E-state index is 0.170. The Bertz CT molecular complexity index is 1470. The fourth-order valence-electron chi connectivity index (χ4n) is 4.62. The number of sulfonamides is 1. The van der Waals surface area contributed by atoms with E-state index in [-0.39, 0.29) is 54.6 Å². The van der Waals surface area contributed by atoms with Crippen LogP contribution >= 0.6 is 0 Å². The molecule has 0 fully saturated rings. The van der Waals surface area contributed by atoms with Crippen molar-refractivity contribution in [3.63, 3.8) is 0 Å². The van der Waals surface area contributed by atoms with Gasteiger partial charge in [-0.15, -0.1) is 0 Å². The predicted molar refractivity (Wildman–Crippen MR) is 152 cm³/mol. The summed E-state index contributed by atoms with van der Waals surface area (Å²) in [7, 11) is -1.89. The van der Waals surface area contributed by atoms with Crippen LogP contribution in [0.1, 0.15) is 24.2 Å². The second-order valence-electron chi connectivity index (χ2n) is 10.0. The number of aliphatic hydroxyl groups excluding tert-OH is 1. The van der Waals surface area contributed by atoms with E-state index >= 15 is 0 Å². The first-order valence-electron chi connectivity index (χ1n) is 12.7. The highest BCUT2D eigenvalue weighted by molar-refractivity contribution is 7.92. The van der Waals surface area contributed by atoms with Gasteiger partial charge in [-0.05, 0) is 36.6 Å². The van der Waals surface area contributed by atoms with Crippen molar-refractivity contribution >= 4 is 44.1 Å². The van der Waals surface area contributed by atoms with Crippen molar-refractivity contribution < 1.29 is 27.9 Å². The largest absolute Gasteiger partial charge is 0.487 e. The molecule has 0 aromatic heterocycles. The van der Waals surface area contributed by atoms with Crippen LogP contribution in [0.3, 0.4) is 0 Å². The summed E-state index contributed by atoms with van der Waals surface area (Å²) in [4.78, 5) is 29.8. The summed E-state index contributed by atoms with van der Waals surface area (Å²) in [6.07, 6.45) is 0.529. The van der Waals surface area contributed by atoms with Crippen LogP contribution < -0.4 is 14.8 Å². The van der Waals surface area contributed by atoms with Crippen molar-refractivity contribution in [3.8, 4) is 5.75 Å². The maximum absolute atomic E-state index is 13.5. The third kappa shape index (κ3) is 6.61. The summed E-state index contributed by atoms with van der Waals surface area (Å²) in [5, 5.41) is 14.7. The standard InChI is InChI=1S/C28H34N4O6S/c1-18-15-32(19(2)17-33)27(34)23-14-21(30-39(4,36)37)12-13-25(23)38-26(18)16-31(3)28(35)29-24-11-7-9-20-8-5-6-10-22(20)24/h5-14,18-19,26,30,33H,15-17H2,1-4H3,(H,29,35)/t18-,19-,26+/m0/s1. The van der Waals surface area contributed by atoms with Gasteiger partial charge in [-0.1, -0.05) is 43.3 Å². The molecule has 1 aliphatic heterocycles. The smallest absolute Gasteiger partial charge is 0.321 e. The number of ether oxygens (including phenoxy) is 1. The highest BCUT2D eigenvalue weighted by Crippen LogP contribution is 2.31. The molecule has 3 atom stereocenters. The van der Waals surface area contributed by atoms with Gasteiger partial charge in [0.15, 0.2) is 0 Å². The molecule has 1 heterocycles. The molecule has 4 rings (SSSR count). The Morgan fingerprint density at radius 2 is 1.90 bits per heavy atom. The second kappa shape index (κ2) is 11.5. The summed E-state index contributed by atoms with van der Waals surface area (Å²) in [6, 6.07) is 17.2. The van der Waals surface area contributed by atoms with E-state index in [1.165, 1.54) is 17.0 Å². The number of benzene rings is 3. The lowest BCUT2D eigenvalue weighted by Gasteiger charge is -2.38. The zero-order chi connectivity index (χ0) is 28.3. The Morgan fingerprint density at radius 3 is 2.62 bits per heavy atom. The van der Waals surface area contributed by atoms with Gasteiger partial charge in [0.1, 0.15) is 11.9 Å². The van der Waals surface area contributed by atoms with Crippen LogP contribution in [0.4, 0.5) is 16.2 Å². The summed E-state index contributed by atoms with van der Waals surface area (Å²) >= 11 is 0. The number of nitrogens with one attached hydrogen (secondary N) is 2. The molecule has 0 radical (unpaired) electrons. The van der Waals surface area contributed by atoms with Gasteiger partial charge < -0.3 is 25.0 Å². The second-order valence-corrected chi connectivity index (χ2v) is 11.8. The Labute approximate surface area is 228 Å². The summed E-state index contributed by atoms with van der Waals surface area (Å²) in [6.45, 7) is 3.91. The third-order valence-corrected chi connectivity index (χ3v) is 7.41. The quantitative estimate of drug-likeness (QED) is 0.410. The van der Waals surface area contributed by atoms with Crippen LogP contribution in [0.5, 0.6) is 5.75 Å². The fourth-order valence-corrected chi connectivity index (χ4v) is 5.17. The van der Waals surface area contributed by atoms with Crippen molar-refractivity contribution in [1.29, 1.82) is 0 Å². The summed E-state index contributed by atoms with van der Waals surface area (Å²) in [5.74, 6) is -0.303. The first kappa shape index (κ1) is 28.2. The number of aliphatic hydroxyl groups is 1. The van der Waals surface area contributed by atoms with Gasteiger partial charge in [0.25, 0.3) is 5.91 Å². The van der Waals surface area contributed by atoms with Gasteiger partial charge in [-0.3, -0.25) is 9.52 Å². The molecule has 3 N–H and O–H groups in total. The van der Waals surface area contributed by atoms with Gasteiger partial charge in [0.2, 0.25) is 10.0 Å². The van der Waals surface area contributed by atoms with E-state index < -0.39 is 22.2 Å². The van der Waals surface area contributed by atoms with Crippen LogP contribution in [-0.4, -0.2) is 80.4 Å². The zero-order valence-corrected chi connectivity index (χ0v) is 23.2. The number of carbonyl (C=O) groups is 2. The normalized spacial score (nSPS) is 18.4. The van der Waals surface area contributed by atoms with Crippen LogP contribution in [0.15, 0.2) is 60.7 Å². The van der Waals surface area contributed by atoms with Crippen molar-refractivity contribution in [1.82, 2.24) is 9.80 Å². The lowest BCUT2D eigenvalue weighted by atomic mass is 9.99. The Balaban J connectivity index is 1.60. The van der Waals surface area contributed by atoms with Crippen LogP contribution in [-0.2, 0) is 10.0 Å². The third-order valence-electron chi connectivity index (χ3n) is 6.80. The van der Waals surface area contributed by atoms with E-state index in [4.69, 9.17) is 4.74 Å². The highest BCUT2D eigenvalue weighted by Gasteiger charge is 2.34. The molecule has 11 heteroatoms. The number of hydrogen-bond donors (Lipinski definition) is 3. The molecule has 0 saturated carbocycles. The summed E-state index contributed by atoms with van der Waals surface area (Å²) in [5.41, 5.74) is 1.09. The number of nitrogens with zero attached hydrogens (tertiary/aromatic N) is 2. The van der Waals surface area contributed by atoms with Crippen molar-refractivity contribution in [2.45, 2.75) is 26.0 Å². The molecule has 0 spiro atoms. The number of rotatable bonds is 7. The van der Waals surface area contributed by atoms with E-state index in [1.54, 1.807) is 24.9 Å². The number of fused-ring (bicyclic) bond motifs is 2. The number of urea groups is 1. The van der Waals surface area contributed by atoms with Gasteiger partial charge in [0.05, 0.1) is 36.7 Å². The minimum atomic E-state index is -3.56. The van der Waals surface area contributed by atoms with Gasteiger partial charge in [-0.25, -0.2) is 13.2 Å². The Hall–Kier alpha value is -3.83. The van der Waals surface area contributed by atoms with Crippen LogP contribution in [0, 0.1) is 5.92 Å². The molecule has 10 nitrogen and oxygen atoms in total. The van der Waals surface area contributed by atoms with Crippen molar-refractivity contribution in [3.05, 3.63) is 66.2 Å². The SMILES string of the molecule is C[C@H]1CN([C@@H](C)CO)C(=O)c2cc(NS(C)(=O)=O)ccc2O[C@@H]1CN(C)C(=O)Nc1cccc2ccccc12. The van der Waals surface area contributed by atoms with Gasteiger partial charge in [-0.2, -0.15) is 0 Å². The van der Waals surface area contributed by atoms with Crippen LogP contribution in [0.25, 0.3) is 10.8 Å². The number of anilines is 2. The first-order valence-corrected chi connectivity index (χ1v) is 14.6. The molecule has 39 heavy (non-hydrogen) atoms. The van der Waals surface area contributed by atoms with Gasteiger partial charge >= 0.3 is 6.03 Å². The molecule has 208 valence electrons. The van der Waals surface area contributed by atoms with Crippen LogP contribution in [0.2, 0.25) is 0 Å². The fraction of sp³-hybridized carbons (Fsp3) is 0.357. The maximum atomic E-state index is 13.5. The van der Waals surface area contributed by atoms with E-state index in [0.717, 1.165) is 17.0 Å². The Morgan fingerprint density at radius 1 is 1.18 bits per heavy atom. The molecule has 0 aliphatic carbocycles. The molecule has 0 saturated heterocycles. The van der Waals surface area contributed by atoms with E-state index in [9.17, 15) is 23.1 Å². The maximum Gasteiger partial charge on any atom is 0.321 e. The van der Waals surface area contributed by atoms with E-state index in [2.05, 4.69) is 10.0 Å². The number of hydrogen-bond acceptors (Lipinski definition) is 6. The highest BCUT2D eigenvalue weighted by atomic mass is 32.2. The number of amides is 3. The zero-order valence-electron chi connectivity index (χ0n) is 22.4. The Kier molecular flexibility index (Phi) is 8.31. The average Bonchev–Trinajstić information content (AvgIpc) is 2.89. The molecule has 1 aliphatic rings. The number of carbonyl (C=O) groups excluding carboxylic acids is 2. The number of likely N-dealkylation sites (N-methyl/N-ethyl adjacent to an activating group) is 1. The molecule has 0 bridgehead atoms. The lowest BCUT2D eigenvalue weighted by Crippen LogP contribution is -2.50. The molecule has 3 aromatic rings. The molecule has 3 aromatic carbocycles. The minimum Gasteiger partial charge on any atom is -0.487 e.